The average molecular weight is 484 g/mol. The molecule has 0 aliphatic carbocycles. The lowest BCUT2D eigenvalue weighted by Gasteiger charge is -2.25. The van der Waals surface area contributed by atoms with E-state index in [2.05, 4.69) is 36.9 Å². The van der Waals surface area contributed by atoms with Crippen LogP contribution in [0.3, 0.4) is 0 Å². The molecule has 0 fully saturated rings. The number of anilines is 1. The SMILES string of the molecule is CCN(CC)CCN(C(=O)Cc1cccc2ccccc12)c1nc2cc(OC)ccc2s1.Cl. The molecular weight excluding hydrogens is 454 g/mol. The van der Waals surface area contributed by atoms with Gasteiger partial charge in [-0.25, -0.2) is 4.98 Å². The predicted molar refractivity (Wildman–Crippen MR) is 141 cm³/mol. The zero-order chi connectivity index (χ0) is 22.5. The molecule has 1 heterocycles. The van der Waals surface area contributed by atoms with Gasteiger partial charge in [0.25, 0.3) is 0 Å². The molecule has 0 saturated carbocycles. The third kappa shape index (κ3) is 5.64. The molecule has 3 aromatic carbocycles. The van der Waals surface area contributed by atoms with Crippen LogP contribution in [0.4, 0.5) is 5.13 Å². The first-order valence-corrected chi connectivity index (χ1v) is 11.9. The van der Waals surface area contributed by atoms with E-state index in [1.807, 2.05) is 47.4 Å². The number of fused-ring (bicyclic) bond motifs is 2. The summed E-state index contributed by atoms with van der Waals surface area (Å²) in [7, 11) is 1.65. The smallest absolute Gasteiger partial charge is 0.233 e. The van der Waals surface area contributed by atoms with E-state index >= 15 is 0 Å². The summed E-state index contributed by atoms with van der Waals surface area (Å²) < 4.78 is 6.39. The number of hydrogen-bond acceptors (Lipinski definition) is 5. The minimum Gasteiger partial charge on any atom is -0.497 e. The van der Waals surface area contributed by atoms with Gasteiger partial charge >= 0.3 is 0 Å². The highest BCUT2D eigenvalue weighted by Gasteiger charge is 2.21. The molecule has 0 atom stereocenters. The van der Waals surface area contributed by atoms with Crippen molar-refractivity contribution < 1.29 is 9.53 Å². The Bertz CT molecular complexity index is 1220. The monoisotopic (exact) mass is 483 g/mol. The van der Waals surface area contributed by atoms with E-state index in [9.17, 15) is 4.79 Å². The molecule has 7 heteroatoms. The topological polar surface area (TPSA) is 45.7 Å². The molecule has 4 aromatic rings. The summed E-state index contributed by atoms with van der Waals surface area (Å²) in [5, 5.41) is 3.02. The maximum atomic E-state index is 13.6. The number of amides is 1. The first-order valence-electron chi connectivity index (χ1n) is 11.1. The van der Waals surface area contributed by atoms with Crippen molar-refractivity contribution in [1.82, 2.24) is 9.88 Å². The van der Waals surface area contributed by atoms with Crippen molar-refractivity contribution in [2.45, 2.75) is 20.3 Å². The summed E-state index contributed by atoms with van der Waals surface area (Å²) in [5.41, 5.74) is 1.90. The molecule has 33 heavy (non-hydrogen) atoms. The zero-order valence-corrected chi connectivity index (χ0v) is 20.9. The molecule has 0 aliphatic rings. The van der Waals surface area contributed by atoms with Crippen LogP contribution >= 0.6 is 23.7 Å². The van der Waals surface area contributed by atoms with Crippen LogP contribution in [0.15, 0.2) is 60.7 Å². The Morgan fingerprint density at radius 1 is 1.00 bits per heavy atom. The Morgan fingerprint density at radius 2 is 1.76 bits per heavy atom. The summed E-state index contributed by atoms with van der Waals surface area (Å²) in [5.74, 6) is 0.839. The molecule has 0 aliphatic heterocycles. The molecule has 174 valence electrons. The summed E-state index contributed by atoms with van der Waals surface area (Å²) in [6.45, 7) is 7.64. The van der Waals surface area contributed by atoms with E-state index in [1.54, 1.807) is 18.4 Å². The van der Waals surface area contributed by atoms with Crippen LogP contribution in [0, 0.1) is 0 Å². The summed E-state index contributed by atoms with van der Waals surface area (Å²) in [6, 6.07) is 20.2. The Hall–Kier alpha value is -2.67. The highest BCUT2D eigenvalue weighted by atomic mass is 35.5. The lowest BCUT2D eigenvalue weighted by atomic mass is 10.0. The number of hydrogen-bond donors (Lipinski definition) is 0. The fourth-order valence-corrected chi connectivity index (χ4v) is 4.94. The largest absolute Gasteiger partial charge is 0.497 e. The van der Waals surface area contributed by atoms with E-state index in [0.717, 1.165) is 57.1 Å². The van der Waals surface area contributed by atoms with Crippen LogP contribution in [-0.4, -0.2) is 49.1 Å². The number of ether oxygens (including phenoxy) is 1. The van der Waals surface area contributed by atoms with Crippen LogP contribution in [0.5, 0.6) is 5.75 Å². The van der Waals surface area contributed by atoms with Crippen LogP contribution in [0.2, 0.25) is 0 Å². The number of carbonyl (C=O) groups is 1. The lowest BCUT2D eigenvalue weighted by molar-refractivity contribution is -0.118. The number of aromatic nitrogens is 1. The van der Waals surface area contributed by atoms with Crippen molar-refractivity contribution >= 4 is 55.8 Å². The molecule has 1 amide bonds. The Morgan fingerprint density at radius 3 is 2.52 bits per heavy atom. The van der Waals surface area contributed by atoms with Gasteiger partial charge in [-0.05, 0) is 41.6 Å². The van der Waals surface area contributed by atoms with Crippen molar-refractivity contribution in [2.75, 3.05) is 38.2 Å². The van der Waals surface area contributed by atoms with E-state index in [4.69, 9.17) is 9.72 Å². The third-order valence-corrected chi connectivity index (χ3v) is 6.93. The molecule has 0 spiro atoms. The zero-order valence-electron chi connectivity index (χ0n) is 19.3. The van der Waals surface area contributed by atoms with E-state index in [0.29, 0.717) is 13.0 Å². The number of carbonyl (C=O) groups excluding carboxylic acids is 1. The van der Waals surface area contributed by atoms with Gasteiger partial charge in [-0.3, -0.25) is 9.69 Å². The second kappa shape index (κ2) is 11.5. The number of benzene rings is 3. The molecular formula is C26H30ClN3O2S. The predicted octanol–water partition coefficient (Wildman–Crippen LogP) is 5.80. The van der Waals surface area contributed by atoms with E-state index in [1.165, 1.54) is 0 Å². The van der Waals surface area contributed by atoms with Crippen molar-refractivity contribution in [3.63, 3.8) is 0 Å². The highest BCUT2D eigenvalue weighted by molar-refractivity contribution is 7.22. The average Bonchev–Trinajstić information content (AvgIpc) is 3.24. The van der Waals surface area contributed by atoms with Gasteiger partial charge in [-0.15, -0.1) is 12.4 Å². The van der Waals surface area contributed by atoms with Crippen molar-refractivity contribution in [2.24, 2.45) is 0 Å². The van der Waals surface area contributed by atoms with Crippen molar-refractivity contribution in [3.05, 3.63) is 66.2 Å². The van der Waals surface area contributed by atoms with E-state index in [-0.39, 0.29) is 18.3 Å². The van der Waals surface area contributed by atoms with Crippen LogP contribution in [-0.2, 0) is 11.2 Å². The van der Waals surface area contributed by atoms with Gasteiger partial charge in [-0.1, -0.05) is 67.6 Å². The van der Waals surface area contributed by atoms with Gasteiger partial charge in [0.15, 0.2) is 5.13 Å². The van der Waals surface area contributed by atoms with Gasteiger partial charge in [-0.2, -0.15) is 0 Å². The van der Waals surface area contributed by atoms with Crippen LogP contribution in [0.1, 0.15) is 19.4 Å². The summed E-state index contributed by atoms with van der Waals surface area (Å²) >= 11 is 1.55. The number of halogens is 1. The maximum Gasteiger partial charge on any atom is 0.233 e. The normalized spacial score (nSPS) is 11.0. The first kappa shape index (κ1) is 25.0. The Kier molecular flexibility index (Phi) is 8.67. The van der Waals surface area contributed by atoms with Crippen molar-refractivity contribution in [3.8, 4) is 5.75 Å². The molecule has 5 nitrogen and oxygen atoms in total. The molecule has 0 radical (unpaired) electrons. The van der Waals surface area contributed by atoms with Gasteiger partial charge in [0.05, 0.1) is 23.7 Å². The minimum atomic E-state index is 0. The molecule has 4 rings (SSSR count). The quantitative estimate of drug-likeness (QED) is 0.302. The minimum absolute atomic E-state index is 0. The van der Waals surface area contributed by atoms with Gasteiger partial charge in [0.2, 0.25) is 5.91 Å². The number of rotatable bonds is 9. The van der Waals surface area contributed by atoms with Gasteiger partial charge in [0, 0.05) is 19.2 Å². The number of likely N-dealkylation sites (N-methyl/N-ethyl adjacent to an activating group) is 1. The summed E-state index contributed by atoms with van der Waals surface area (Å²) in [6.07, 6.45) is 0.346. The second-order valence-corrected chi connectivity index (χ2v) is 8.73. The Balaban J connectivity index is 0.00000306. The Labute approximate surface area is 205 Å². The van der Waals surface area contributed by atoms with Crippen molar-refractivity contribution in [1.29, 1.82) is 0 Å². The lowest BCUT2D eigenvalue weighted by Crippen LogP contribution is -2.39. The number of thiazole rings is 1. The standard InChI is InChI=1S/C26H29N3O2S.ClH/c1-4-28(5-2)15-16-29(26-27-23-18-21(31-3)13-14-24(23)32-26)25(30)17-20-11-8-10-19-9-6-7-12-22(19)20;/h6-14,18H,4-5,15-17H2,1-3H3;1H. The van der Waals surface area contributed by atoms with Gasteiger partial charge in [0.1, 0.15) is 5.75 Å². The molecule has 0 saturated heterocycles. The molecule has 0 unspecified atom stereocenters. The van der Waals surface area contributed by atoms with Crippen LogP contribution in [0.25, 0.3) is 21.0 Å². The molecule has 1 aromatic heterocycles. The number of methoxy groups -OCH3 is 1. The first-order chi connectivity index (χ1) is 15.6. The fraction of sp³-hybridized carbons (Fsp3) is 0.308. The maximum absolute atomic E-state index is 13.6. The van der Waals surface area contributed by atoms with Crippen LogP contribution < -0.4 is 9.64 Å². The fourth-order valence-electron chi connectivity index (χ4n) is 3.95. The second-order valence-electron chi connectivity index (χ2n) is 7.72. The number of nitrogens with zero attached hydrogens (tertiary/aromatic N) is 3. The summed E-state index contributed by atoms with van der Waals surface area (Å²) in [4.78, 5) is 22.6. The van der Waals surface area contributed by atoms with E-state index < -0.39 is 0 Å². The van der Waals surface area contributed by atoms with Gasteiger partial charge < -0.3 is 9.64 Å². The highest BCUT2D eigenvalue weighted by Crippen LogP contribution is 2.32. The molecule has 0 bridgehead atoms. The molecule has 0 N–H and O–H groups in total. The third-order valence-electron chi connectivity index (χ3n) is 5.87.